The zero-order valence-corrected chi connectivity index (χ0v) is 12.2. The first-order valence-electron chi connectivity index (χ1n) is 7.16. The van der Waals surface area contributed by atoms with Gasteiger partial charge in [-0.15, -0.1) is 0 Å². The fourth-order valence-corrected chi connectivity index (χ4v) is 2.72. The molecule has 21 heavy (non-hydrogen) atoms. The fourth-order valence-electron chi connectivity index (χ4n) is 2.72. The summed E-state index contributed by atoms with van der Waals surface area (Å²) in [4.78, 5) is 26.1. The molecule has 1 saturated heterocycles. The number of likely N-dealkylation sites (N-methyl/N-ethyl adjacent to an activating group) is 1. The number of ether oxygens (including phenoxy) is 1. The van der Waals surface area contributed by atoms with Crippen LogP contribution in [0.2, 0.25) is 0 Å². The number of amides is 2. The van der Waals surface area contributed by atoms with Crippen molar-refractivity contribution >= 4 is 17.5 Å². The lowest BCUT2D eigenvalue weighted by Crippen LogP contribution is -2.40. The van der Waals surface area contributed by atoms with E-state index in [4.69, 9.17) is 4.74 Å². The van der Waals surface area contributed by atoms with Gasteiger partial charge in [0.15, 0.2) is 11.9 Å². The summed E-state index contributed by atoms with van der Waals surface area (Å²) >= 11 is 0. The largest absolute Gasteiger partial charge is 0.478 e. The molecule has 2 amide bonds. The average molecular weight is 289 g/mol. The Bertz CT molecular complexity index is 582. The Morgan fingerprint density at radius 1 is 1.43 bits per heavy atom. The molecule has 0 aromatic heterocycles. The lowest BCUT2D eigenvalue weighted by molar-refractivity contribution is -0.122. The van der Waals surface area contributed by atoms with Crippen molar-refractivity contribution in [2.24, 2.45) is 0 Å². The van der Waals surface area contributed by atoms with Crippen LogP contribution in [0.3, 0.4) is 0 Å². The molecule has 2 unspecified atom stereocenters. The van der Waals surface area contributed by atoms with E-state index in [0.29, 0.717) is 17.0 Å². The van der Waals surface area contributed by atoms with Gasteiger partial charge in [-0.25, -0.2) is 0 Å². The Morgan fingerprint density at radius 2 is 2.24 bits per heavy atom. The maximum atomic E-state index is 12.7. The SMILES string of the molecule is CC1Oc2c(cccc2C(=O)N(C)C2CCNC2)NC1=O. The highest BCUT2D eigenvalue weighted by Gasteiger charge is 2.31. The molecular formula is C15H19N3O3. The summed E-state index contributed by atoms with van der Waals surface area (Å²) in [6.07, 6.45) is 0.357. The molecule has 0 radical (unpaired) electrons. The van der Waals surface area contributed by atoms with Crippen LogP contribution in [0, 0.1) is 0 Å². The topological polar surface area (TPSA) is 70.7 Å². The Morgan fingerprint density at radius 3 is 2.95 bits per heavy atom. The predicted molar refractivity (Wildman–Crippen MR) is 78.5 cm³/mol. The zero-order valence-electron chi connectivity index (χ0n) is 12.2. The number of rotatable bonds is 2. The lowest BCUT2D eigenvalue weighted by Gasteiger charge is -2.28. The summed E-state index contributed by atoms with van der Waals surface area (Å²) in [6.45, 7) is 3.41. The van der Waals surface area contributed by atoms with Crippen LogP contribution in [-0.2, 0) is 4.79 Å². The normalized spacial score (nSPS) is 24.0. The molecule has 2 heterocycles. The van der Waals surface area contributed by atoms with E-state index in [0.717, 1.165) is 19.5 Å². The van der Waals surface area contributed by atoms with Crippen LogP contribution in [0.1, 0.15) is 23.7 Å². The molecule has 6 heteroatoms. The number of carbonyl (C=O) groups excluding carboxylic acids is 2. The van der Waals surface area contributed by atoms with Crippen LogP contribution in [0.15, 0.2) is 18.2 Å². The number of nitrogens with one attached hydrogen (secondary N) is 2. The minimum atomic E-state index is -0.593. The zero-order chi connectivity index (χ0) is 15.0. The molecule has 3 rings (SSSR count). The molecule has 1 aromatic rings. The molecule has 2 atom stereocenters. The lowest BCUT2D eigenvalue weighted by atomic mass is 10.1. The van der Waals surface area contributed by atoms with E-state index in [1.54, 1.807) is 30.0 Å². The van der Waals surface area contributed by atoms with Crippen molar-refractivity contribution in [1.82, 2.24) is 10.2 Å². The van der Waals surface area contributed by atoms with Gasteiger partial charge in [-0.05, 0) is 32.0 Å². The van der Waals surface area contributed by atoms with Gasteiger partial charge in [-0.3, -0.25) is 9.59 Å². The van der Waals surface area contributed by atoms with Gasteiger partial charge in [0.1, 0.15) is 0 Å². The van der Waals surface area contributed by atoms with Crippen LogP contribution in [0.5, 0.6) is 5.75 Å². The van der Waals surface area contributed by atoms with Gasteiger partial charge >= 0.3 is 0 Å². The molecule has 0 saturated carbocycles. The molecule has 2 aliphatic rings. The molecule has 2 aliphatic heterocycles. The first-order valence-corrected chi connectivity index (χ1v) is 7.16. The highest BCUT2D eigenvalue weighted by Crippen LogP contribution is 2.34. The van der Waals surface area contributed by atoms with Crippen molar-refractivity contribution in [2.45, 2.75) is 25.5 Å². The van der Waals surface area contributed by atoms with E-state index < -0.39 is 6.10 Å². The highest BCUT2D eigenvalue weighted by molar-refractivity contribution is 6.04. The summed E-state index contributed by atoms with van der Waals surface area (Å²) < 4.78 is 5.63. The van der Waals surface area contributed by atoms with Crippen molar-refractivity contribution in [1.29, 1.82) is 0 Å². The molecule has 1 aromatic carbocycles. The van der Waals surface area contributed by atoms with Crippen molar-refractivity contribution in [2.75, 3.05) is 25.5 Å². The molecule has 6 nitrogen and oxygen atoms in total. The predicted octanol–water partition coefficient (Wildman–Crippen LogP) is 0.840. The third-order valence-electron chi connectivity index (χ3n) is 4.07. The Kier molecular flexibility index (Phi) is 3.55. The van der Waals surface area contributed by atoms with E-state index in [-0.39, 0.29) is 17.9 Å². The molecule has 112 valence electrons. The van der Waals surface area contributed by atoms with Crippen molar-refractivity contribution in [3.8, 4) is 5.75 Å². The highest BCUT2D eigenvalue weighted by atomic mass is 16.5. The number of fused-ring (bicyclic) bond motifs is 1. The van der Waals surface area contributed by atoms with E-state index in [1.165, 1.54) is 0 Å². The standard InChI is InChI=1S/C15H19N3O3/c1-9-14(19)17-12-5-3-4-11(13(12)21-9)15(20)18(2)10-6-7-16-8-10/h3-5,9-10,16H,6-8H2,1-2H3,(H,17,19). The van der Waals surface area contributed by atoms with Crippen LogP contribution < -0.4 is 15.4 Å². The van der Waals surface area contributed by atoms with Crippen molar-refractivity contribution in [3.05, 3.63) is 23.8 Å². The fraction of sp³-hybridized carbons (Fsp3) is 0.467. The minimum Gasteiger partial charge on any atom is -0.478 e. The number of benzene rings is 1. The molecular weight excluding hydrogens is 270 g/mol. The summed E-state index contributed by atoms with van der Waals surface area (Å²) in [5.41, 5.74) is 1.05. The van der Waals surface area contributed by atoms with Crippen LogP contribution >= 0.6 is 0 Å². The van der Waals surface area contributed by atoms with Gasteiger partial charge in [0.05, 0.1) is 11.3 Å². The summed E-state index contributed by atoms with van der Waals surface area (Å²) in [5.74, 6) is 0.191. The number of nitrogens with zero attached hydrogens (tertiary/aromatic N) is 1. The van der Waals surface area contributed by atoms with Crippen LogP contribution in [0.4, 0.5) is 5.69 Å². The molecule has 2 N–H and O–H groups in total. The smallest absolute Gasteiger partial charge is 0.265 e. The van der Waals surface area contributed by atoms with E-state index in [2.05, 4.69) is 10.6 Å². The quantitative estimate of drug-likeness (QED) is 0.846. The van der Waals surface area contributed by atoms with Gasteiger partial charge in [0, 0.05) is 19.6 Å². The monoisotopic (exact) mass is 289 g/mol. The third kappa shape index (κ3) is 2.47. The number of anilines is 1. The number of para-hydroxylation sites is 1. The first kappa shape index (κ1) is 13.9. The van der Waals surface area contributed by atoms with Crippen LogP contribution in [0.25, 0.3) is 0 Å². The second-order valence-electron chi connectivity index (χ2n) is 5.49. The van der Waals surface area contributed by atoms with Crippen molar-refractivity contribution < 1.29 is 14.3 Å². The van der Waals surface area contributed by atoms with Gasteiger partial charge in [0.25, 0.3) is 11.8 Å². The van der Waals surface area contributed by atoms with E-state index in [1.807, 2.05) is 7.05 Å². The van der Waals surface area contributed by atoms with E-state index in [9.17, 15) is 9.59 Å². The Labute approximate surface area is 123 Å². The summed E-state index contributed by atoms with van der Waals surface area (Å²) in [6, 6.07) is 5.44. The number of hydrogen-bond acceptors (Lipinski definition) is 4. The summed E-state index contributed by atoms with van der Waals surface area (Å²) in [7, 11) is 1.81. The maximum Gasteiger partial charge on any atom is 0.265 e. The molecule has 1 fully saturated rings. The maximum absolute atomic E-state index is 12.7. The minimum absolute atomic E-state index is 0.0797. The second-order valence-corrected chi connectivity index (χ2v) is 5.49. The first-order chi connectivity index (χ1) is 10.1. The average Bonchev–Trinajstić information content (AvgIpc) is 3.00. The Balaban J connectivity index is 1.90. The number of carbonyl (C=O) groups is 2. The third-order valence-corrected chi connectivity index (χ3v) is 4.07. The van der Waals surface area contributed by atoms with Gasteiger partial charge in [-0.1, -0.05) is 6.07 Å². The van der Waals surface area contributed by atoms with E-state index >= 15 is 0 Å². The van der Waals surface area contributed by atoms with Crippen molar-refractivity contribution in [3.63, 3.8) is 0 Å². The molecule has 0 bridgehead atoms. The molecule has 0 spiro atoms. The van der Waals surface area contributed by atoms with Crippen LogP contribution in [-0.4, -0.2) is 49.0 Å². The van der Waals surface area contributed by atoms with Gasteiger partial charge in [0.2, 0.25) is 0 Å². The summed E-state index contributed by atoms with van der Waals surface area (Å²) in [5, 5.41) is 6.02. The van der Waals surface area contributed by atoms with Gasteiger partial charge in [-0.2, -0.15) is 0 Å². The second kappa shape index (κ2) is 5.37. The Hall–Kier alpha value is -2.08. The number of hydrogen-bond donors (Lipinski definition) is 2. The molecule has 0 aliphatic carbocycles. The van der Waals surface area contributed by atoms with Gasteiger partial charge < -0.3 is 20.3 Å².